The number of para-hydroxylation sites is 1. The Morgan fingerprint density at radius 1 is 1.15 bits per heavy atom. The van der Waals surface area contributed by atoms with Crippen LogP contribution in [0, 0.1) is 6.92 Å². The van der Waals surface area contributed by atoms with E-state index in [1.54, 1.807) is 18.3 Å². The molecule has 0 aliphatic heterocycles. The molecule has 0 bridgehead atoms. The molecule has 7 nitrogen and oxygen atoms in total. The van der Waals surface area contributed by atoms with E-state index in [1.165, 1.54) is 0 Å². The fourth-order valence-electron chi connectivity index (χ4n) is 3.10. The number of carboxylic acids is 1. The number of nitrogens with one attached hydrogen (secondary N) is 2. The Morgan fingerprint density at radius 2 is 1.96 bits per heavy atom. The van der Waals surface area contributed by atoms with Gasteiger partial charge in [0.25, 0.3) is 0 Å². The smallest absolute Gasteiger partial charge is 0.337 e. The van der Waals surface area contributed by atoms with Gasteiger partial charge in [-0.05, 0) is 18.6 Å². The molecule has 0 saturated carbocycles. The number of aryl methyl sites for hydroxylation is 1. The lowest BCUT2D eigenvalue weighted by molar-refractivity contribution is 0.0699. The van der Waals surface area contributed by atoms with Crippen LogP contribution in [0.1, 0.15) is 21.6 Å². The number of anilines is 1. The molecule has 3 N–H and O–H groups in total. The Bertz CT molecular complexity index is 1120. The lowest BCUT2D eigenvalue weighted by atomic mass is 10.1. The van der Waals surface area contributed by atoms with Crippen LogP contribution in [-0.4, -0.2) is 31.2 Å². The molecule has 4 rings (SSSR count). The Kier molecular flexibility index (Phi) is 4.25. The van der Waals surface area contributed by atoms with Crippen molar-refractivity contribution in [2.75, 3.05) is 5.32 Å². The minimum atomic E-state index is -0.981. The number of aromatic nitrogens is 4. The van der Waals surface area contributed by atoms with Crippen LogP contribution < -0.4 is 5.32 Å². The highest BCUT2D eigenvalue weighted by atomic mass is 16.4. The molecule has 0 amide bonds. The zero-order valence-corrected chi connectivity index (χ0v) is 14.6. The van der Waals surface area contributed by atoms with Gasteiger partial charge in [0.2, 0.25) is 0 Å². The van der Waals surface area contributed by atoms with Gasteiger partial charge in [0, 0.05) is 23.2 Å². The molecule has 0 spiro atoms. The summed E-state index contributed by atoms with van der Waals surface area (Å²) in [6.45, 7) is 2.49. The highest BCUT2D eigenvalue weighted by molar-refractivity contribution is 6.07. The van der Waals surface area contributed by atoms with Crippen LogP contribution >= 0.6 is 0 Å². The van der Waals surface area contributed by atoms with Gasteiger partial charge in [-0.1, -0.05) is 42.5 Å². The Balaban J connectivity index is 1.71. The van der Waals surface area contributed by atoms with Gasteiger partial charge in [0.15, 0.2) is 5.82 Å². The molecule has 0 radical (unpaired) electrons. The van der Waals surface area contributed by atoms with Crippen LogP contribution in [0.2, 0.25) is 0 Å². The van der Waals surface area contributed by atoms with Gasteiger partial charge in [-0.15, -0.1) is 5.10 Å². The molecule has 134 valence electrons. The maximum absolute atomic E-state index is 11.5. The summed E-state index contributed by atoms with van der Waals surface area (Å²) >= 11 is 0. The summed E-state index contributed by atoms with van der Waals surface area (Å²) in [5.74, 6) is 0.0667. The molecule has 7 heteroatoms. The lowest BCUT2D eigenvalue weighted by Crippen LogP contribution is -2.04. The van der Waals surface area contributed by atoms with Crippen molar-refractivity contribution >= 4 is 22.7 Å². The third kappa shape index (κ3) is 3.22. The number of hydrogen-bond donors (Lipinski definition) is 3. The van der Waals surface area contributed by atoms with Crippen molar-refractivity contribution < 1.29 is 9.90 Å². The van der Waals surface area contributed by atoms with E-state index in [1.807, 2.05) is 43.3 Å². The van der Waals surface area contributed by atoms with Gasteiger partial charge in [-0.25, -0.2) is 9.78 Å². The van der Waals surface area contributed by atoms with Crippen molar-refractivity contribution in [3.05, 3.63) is 71.5 Å². The van der Waals surface area contributed by atoms with Crippen LogP contribution in [0.3, 0.4) is 0 Å². The van der Waals surface area contributed by atoms with E-state index in [0.717, 1.165) is 22.2 Å². The summed E-state index contributed by atoms with van der Waals surface area (Å²) in [6, 6.07) is 15.1. The first-order chi connectivity index (χ1) is 13.1. The highest BCUT2D eigenvalue weighted by Gasteiger charge is 2.18. The number of nitrogens with zero attached hydrogens (tertiary/aromatic N) is 3. The summed E-state index contributed by atoms with van der Waals surface area (Å²) in [5, 5.41) is 21.6. The highest BCUT2D eigenvalue weighted by Crippen LogP contribution is 2.31. The van der Waals surface area contributed by atoms with Gasteiger partial charge in [-0.3, -0.25) is 0 Å². The van der Waals surface area contributed by atoms with Crippen molar-refractivity contribution in [2.24, 2.45) is 0 Å². The van der Waals surface area contributed by atoms with Gasteiger partial charge < -0.3 is 15.4 Å². The number of aromatic carboxylic acids is 1. The molecule has 0 aliphatic rings. The Labute approximate surface area is 155 Å². The Hall–Kier alpha value is -3.74. The van der Waals surface area contributed by atoms with Gasteiger partial charge in [-0.2, -0.15) is 5.10 Å². The first kappa shape index (κ1) is 16.7. The van der Waals surface area contributed by atoms with E-state index in [-0.39, 0.29) is 5.56 Å². The molecule has 2 aromatic carbocycles. The number of fused-ring (bicyclic) bond motifs is 1. The van der Waals surface area contributed by atoms with Crippen LogP contribution in [-0.2, 0) is 6.54 Å². The predicted molar refractivity (Wildman–Crippen MR) is 103 cm³/mol. The molecular weight excluding hydrogens is 342 g/mol. The quantitative estimate of drug-likeness (QED) is 0.503. The molecule has 0 unspecified atom stereocenters. The second kappa shape index (κ2) is 6.87. The van der Waals surface area contributed by atoms with Gasteiger partial charge in [0.1, 0.15) is 5.82 Å². The molecule has 0 aliphatic carbocycles. The molecule has 0 fully saturated rings. The first-order valence-corrected chi connectivity index (χ1v) is 8.46. The van der Waals surface area contributed by atoms with Crippen LogP contribution in [0.5, 0.6) is 0 Å². The number of hydrogen-bond acceptors (Lipinski definition) is 5. The molecular formula is C20H17N5O2. The van der Waals surface area contributed by atoms with Crippen LogP contribution in [0.4, 0.5) is 5.82 Å². The molecule has 2 heterocycles. The van der Waals surface area contributed by atoms with Gasteiger partial charge in [0.05, 0.1) is 17.3 Å². The SMILES string of the molecule is Cc1[nH]c2c(C(=O)O)cccc2c1-c1nncc(NCc2ccccc2)n1. The zero-order valence-electron chi connectivity index (χ0n) is 14.6. The second-order valence-electron chi connectivity index (χ2n) is 6.16. The summed E-state index contributed by atoms with van der Waals surface area (Å²) < 4.78 is 0. The predicted octanol–water partition coefficient (Wildman–Crippen LogP) is 3.64. The number of H-pyrrole nitrogens is 1. The molecule has 0 saturated heterocycles. The van der Waals surface area contributed by atoms with Crippen molar-refractivity contribution in [3.63, 3.8) is 0 Å². The zero-order chi connectivity index (χ0) is 18.8. The fourth-order valence-corrected chi connectivity index (χ4v) is 3.10. The van der Waals surface area contributed by atoms with Crippen molar-refractivity contribution in [1.29, 1.82) is 0 Å². The monoisotopic (exact) mass is 359 g/mol. The normalized spacial score (nSPS) is 10.9. The number of carbonyl (C=O) groups is 1. The Morgan fingerprint density at radius 3 is 2.74 bits per heavy atom. The van der Waals surface area contributed by atoms with E-state index < -0.39 is 5.97 Å². The molecule has 0 atom stereocenters. The average Bonchev–Trinajstić information content (AvgIpc) is 3.03. The summed E-state index contributed by atoms with van der Waals surface area (Å²) in [7, 11) is 0. The average molecular weight is 359 g/mol. The van der Waals surface area contributed by atoms with Crippen molar-refractivity contribution in [3.8, 4) is 11.4 Å². The van der Waals surface area contributed by atoms with E-state index in [4.69, 9.17) is 0 Å². The fraction of sp³-hybridized carbons (Fsp3) is 0.100. The third-order valence-electron chi connectivity index (χ3n) is 4.35. The lowest BCUT2D eigenvalue weighted by Gasteiger charge is -2.06. The standard InChI is InChI=1S/C20H17N5O2/c1-12-17(14-8-5-9-15(20(26)27)18(14)23-12)19-24-16(11-22-25-19)21-10-13-6-3-2-4-7-13/h2-9,11,23H,10H2,1H3,(H,26,27)(H,21,24,25). The van der Waals surface area contributed by atoms with Crippen LogP contribution in [0.25, 0.3) is 22.3 Å². The van der Waals surface area contributed by atoms with Crippen molar-refractivity contribution in [1.82, 2.24) is 20.2 Å². The number of benzene rings is 2. The topological polar surface area (TPSA) is 104 Å². The second-order valence-corrected chi connectivity index (χ2v) is 6.16. The van der Waals surface area contributed by atoms with Crippen molar-refractivity contribution in [2.45, 2.75) is 13.5 Å². The van der Waals surface area contributed by atoms with E-state index in [9.17, 15) is 9.90 Å². The summed E-state index contributed by atoms with van der Waals surface area (Å²) in [4.78, 5) is 19.2. The number of aromatic amines is 1. The van der Waals surface area contributed by atoms with E-state index in [0.29, 0.717) is 23.7 Å². The largest absolute Gasteiger partial charge is 0.478 e. The third-order valence-corrected chi connectivity index (χ3v) is 4.35. The minimum Gasteiger partial charge on any atom is -0.478 e. The summed E-state index contributed by atoms with van der Waals surface area (Å²) in [6.07, 6.45) is 1.57. The maximum Gasteiger partial charge on any atom is 0.337 e. The minimum absolute atomic E-state index is 0.216. The van der Waals surface area contributed by atoms with E-state index >= 15 is 0 Å². The van der Waals surface area contributed by atoms with E-state index in [2.05, 4.69) is 25.5 Å². The molecule has 2 aromatic heterocycles. The maximum atomic E-state index is 11.5. The molecule has 27 heavy (non-hydrogen) atoms. The first-order valence-electron chi connectivity index (χ1n) is 8.46. The van der Waals surface area contributed by atoms with Crippen LogP contribution in [0.15, 0.2) is 54.7 Å². The molecule has 4 aromatic rings. The summed E-state index contributed by atoms with van der Waals surface area (Å²) in [5.41, 5.74) is 3.45. The number of carboxylic acid groups (broad SMARTS) is 1. The van der Waals surface area contributed by atoms with Gasteiger partial charge >= 0.3 is 5.97 Å². The number of rotatable bonds is 5.